The van der Waals surface area contributed by atoms with E-state index in [0.29, 0.717) is 6.29 Å². The van der Waals surface area contributed by atoms with Crippen molar-refractivity contribution in [2.45, 2.75) is 5.00 Å². The minimum Gasteiger partial charge on any atom is -0.299 e. The molecular formula is C9H7ClN2O. The number of nitrogens with one attached hydrogen (secondary N) is 1. The summed E-state index contributed by atoms with van der Waals surface area (Å²) in [4.78, 5) is 9.57. The molecule has 66 valence electrons. The van der Waals surface area contributed by atoms with Gasteiger partial charge in [-0.25, -0.2) is 0 Å². The zero-order valence-corrected chi connectivity index (χ0v) is 7.45. The van der Waals surface area contributed by atoms with E-state index in [1.165, 1.54) is 0 Å². The number of rotatable bonds is 1. The first kappa shape index (κ1) is 8.26. The molecule has 1 aromatic carbocycles. The zero-order chi connectivity index (χ0) is 9.31. The molecule has 2 rings (SSSR count). The van der Waals surface area contributed by atoms with Gasteiger partial charge < -0.3 is 0 Å². The van der Waals surface area contributed by atoms with Gasteiger partial charge in [0.15, 0.2) is 6.29 Å². The molecule has 1 aromatic rings. The predicted octanol–water partition coefficient (Wildman–Crippen LogP) is 1.21. The van der Waals surface area contributed by atoms with E-state index >= 15 is 0 Å². The molecule has 0 saturated carbocycles. The highest BCUT2D eigenvalue weighted by Gasteiger charge is 2.32. The number of halogens is 1. The van der Waals surface area contributed by atoms with Gasteiger partial charge in [-0.2, -0.15) is 5.10 Å². The van der Waals surface area contributed by atoms with Gasteiger partial charge >= 0.3 is 0 Å². The van der Waals surface area contributed by atoms with Crippen LogP contribution in [0.5, 0.6) is 0 Å². The lowest BCUT2D eigenvalue weighted by atomic mass is 10.0. The molecule has 1 aliphatic rings. The number of carbonyl (C=O) groups excluding carboxylic acids is 1. The maximum atomic E-state index is 10.8. The number of nitrogens with zero attached hydrogens (tertiary/aromatic N) is 1. The Morgan fingerprint density at radius 3 is 3.00 bits per heavy atom. The molecule has 1 heterocycles. The molecule has 1 atom stereocenters. The highest BCUT2D eigenvalue weighted by Crippen LogP contribution is 2.28. The second kappa shape index (κ2) is 2.85. The number of hydrazone groups is 1. The van der Waals surface area contributed by atoms with E-state index in [1.807, 2.05) is 18.2 Å². The fourth-order valence-corrected chi connectivity index (χ4v) is 1.51. The van der Waals surface area contributed by atoms with Crippen molar-refractivity contribution in [3.8, 4) is 0 Å². The summed E-state index contributed by atoms with van der Waals surface area (Å²) >= 11 is 6.00. The standard InChI is InChI=1S/C9H7ClN2O/c10-9(6-13)8-4-2-1-3-7(8)5-11-12-9/h1-6,12H. The summed E-state index contributed by atoms with van der Waals surface area (Å²) in [6.07, 6.45) is 2.28. The summed E-state index contributed by atoms with van der Waals surface area (Å²) in [6.45, 7) is 0. The Morgan fingerprint density at radius 2 is 2.23 bits per heavy atom. The van der Waals surface area contributed by atoms with Crippen LogP contribution in [0.3, 0.4) is 0 Å². The molecule has 0 saturated heterocycles. The van der Waals surface area contributed by atoms with E-state index in [4.69, 9.17) is 11.6 Å². The molecule has 0 aliphatic carbocycles. The third-order valence-corrected chi connectivity index (χ3v) is 2.32. The lowest BCUT2D eigenvalue weighted by molar-refractivity contribution is -0.111. The molecule has 1 aliphatic heterocycles. The number of benzene rings is 1. The van der Waals surface area contributed by atoms with Crippen molar-refractivity contribution in [2.24, 2.45) is 5.10 Å². The first-order valence-corrected chi connectivity index (χ1v) is 4.19. The summed E-state index contributed by atoms with van der Waals surface area (Å²) in [5, 5.41) is 3.80. The van der Waals surface area contributed by atoms with E-state index in [9.17, 15) is 4.79 Å². The molecule has 13 heavy (non-hydrogen) atoms. The van der Waals surface area contributed by atoms with E-state index in [-0.39, 0.29) is 0 Å². The van der Waals surface area contributed by atoms with Crippen LogP contribution in [0, 0.1) is 0 Å². The van der Waals surface area contributed by atoms with Gasteiger partial charge in [-0.1, -0.05) is 35.9 Å². The van der Waals surface area contributed by atoms with E-state index in [2.05, 4.69) is 10.5 Å². The van der Waals surface area contributed by atoms with Gasteiger partial charge in [0.2, 0.25) is 5.00 Å². The van der Waals surface area contributed by atoms with Crippen molar-refractivity contribution in [1.29, 1.82) is 0 Å². The third kappa shape index (κ3) is 1.21. The van der Waals surface area contributed by atoms with Gasteiger partial charge in [0.1, 0.15) is 0 Å². The minimum absolute atomic E-state index is 0.643. The van der Waals surface area contributed by atoms with Crippen molar-refractivity contribution < 1.29 is 4.79 Å². The maximum absolute atomic E-state index is 10.8. The van der Waals surface area contributed by atoms with Gasteiger partial charge in [0.05, 0.1) is 6.21 Å². The van der Waals surface area contributed by atoms with Crippen molar-refractivity contribution in [3.05, 3.63) is 35.4 Å². The zero-order valence-electron chi connectivity index (χ0n) is 6.70. The molecule has 0 amide bonds. The Labute approximate surface area is 80.4 Å². The number of hydrogen-bond donors (Lipinski definition) is 1. The number of fused-ring (bicyclic) bond motifs is 1. The Morgan fingerprint density at radius 1 is 1.46 bits per heavy atom. The summed E-state index contributed by atoms with van der Waals surface area (Å²) < 4.78 is 0. The smallest absolute Gasteiger partial charge is 0.209 e. The van der Waals surface area contributed by atoms with E-state index in [0.717, 1.165) is 11.1 Å². The maximum Gasteiger partial charge on any atom is 0.209 e. The van der Waals surface area contributed by atoms with Crippen LogP contribution in [0.4, 0.5) is 0 Å². The first-order valence-electron chi connectivity index (χ1n) is 3.81. The van der Waals surface area contributed by atoms with Crippen LogP contribution in [0.25, 0.3) is 0 Å². The number of hydrogen-bond acceptors (Lipinski definition) is 3. The average molecular weight is 195 g/mol. The van der Waals surface area contributed by atoms with Crippen molar-refractivity contribution in [1.82, 2.24) is 5.43 Å². The van der Waals surface area contributed by atoms with E-state index < -0.39 is 5.00 Å². The van der Waals surface area contributed by atoms with Crippen LogP contribution in [0.1, 0.15) is 11.1 Å². The second-order valence-corrected chi connectivity index (χ2v) is 3.38. The van der Waals surface area contributed by atoms with Crippen LogP contribution in [-0.2, 0) is 9.79 Å². The Balaban J connectivity index is 2.61. The quantitative estimate of drug-likeness (QED) is 0.415. The fourth-order valence-electron chi connectivity index (χ4n) is 1.29. The van der Waals surface area contributed by atoms with E-state index in [1.54, 1.807) is 12.3 Å². The largest absolute Gasteiger partial charge is 0.299 e. The predicted molar refractivity (Wildman–Crippen MR) is 50.8 cm³/mol. The van der Waals surface area contributed by atoms with Crippen molar-refractivity contribution >= 4 is 24.1 Å². The topological polar surface area (TPSA) is 41.5 Å². The molecule has 0 bridgehead atoms. The number of alkyl halides is 1. The lowest BCUT2D eigenvalue weighted by Gasteiger charge is -2.25. The Bertz CT molecular complexity index is 378. The molecule has 3 nitrogen and oxygen atoms in total. The summed E-state index contributed by atoms with van der Waals surface area (Å²) in [7, 11) is 0. The summed E-state index contributed by atoms with van der Waals surface area (Å²) in [5.41, 5.74) is 4.17. The number of carbonyl (C=O) groups is 1. The molecule has 1 N–H and O–H groups in total. The Kier molecular flexibility index (Phi) is 1.81. The summed E-state index contributed by atoms with van der Waals surface area (Å²) in [5.74, 6) is 0. The molecule has 0 spiro atoms. The van der Waals surface area contributed by atoms with Gasteiger partial charge in [0.25, 0.3) is 0 Å². The van der Waals surface area contributed by atoms with Crippen molar-refractivity contribution in [2.75, 3.05) is 0 Å². The lowest BCUT2D eigenvalue weighted by Crippen LogP contribution is -2.38. The van der Waals surface area contributed by atoms with Crippen LogP contribution in [0.2, 0.25) is 0 Å². The Hall–Kier alpha value is -1.35. The number of aldehydes is 1. The molecular weight excluding hydrogens is 188 g/mol. The van der Waals surface area contributed by atoms with Crippen LogP contribution < -0.4 is 5.43 Å². The molecule has 0 radical (unpaired) electrons. The molecule has 4 heteroatoms. The highest BCUT2D eigenvalue weighted by molar-refractivity contribution is 6.31. The first-order chi connectivity index (χ1) is 6.26. The van der Waals surface area contributed by atoms with Gasteiger partial charge in [-0.15, -0.1) is 0 Å². The minimum atomic E-state index is -1.20. The van der Waals surface area contributed by atoms with Gasteiger partial charge in [-0.05, 0) is 0 Å². The third-order valence-electron chi connectivity index (χ3n) is 1.95. The summed E-state index contributed by atoms with van der Waals surface area (Å²) in [6, 6.07) is 7.37. The molecule has 1 unspecified atom stereocenters. The highest BCUT2D eigenvalue weighted by atomic mass is 35.5. The van der Waals surface area contributed by atoms with Crippen LogP contribution in [0.15, 0.2) is 29.4 Å². The molecule has 0 aromatic heterocycles. The normalized spacial score (nSPS) is 24.7. The van der Waals surface area contributed by atoms with Crippen LogP contribution >= 0.6 is 11.6 Å². The average Bonchev–Trinajstić information content (AvgIpc) is 2.19. The van der Waals surface area contributed by atoms with Crippen molar-refractivity contribution in [3.63, 3.8) is 0 Å². The van der Waals surface area contributed by atoms with Gasteiger partial charge in [0, 0.05) is 11.1 Å². The second-order valence-electron chi connectivity index (χ2n) is 2.79. The monoisotopic (exact) mass is 194 g/mol. The molecule has 0 fully saturated rings. The van der Waals surface area contributed by atoms with Gasteiger partial charge in [-0.3, -0.25) is 10.2 Å². The fraction of sp³-hybridized carbons (Fsp3) is 0.111. The van der Waals surface area contributed by atoms with Crippen LogP contribution in [-0.4, -0.2) is 12.5 Å². The SMILES string of the molecule is O=CC1(Cl)NN=Cc2ccccc21.